The second kappa shape index (κ2) is 10.7. The number of piperidine rings is 1. The first-order valence-electron chi connectivity index (χ1n) is 11.8. The normalized spacial score (nSPS) is 14.8. The summed E-state index contributed by atoms with van der Waals surface area (Å²) in [6.07, 6.45) is 7.44. The van der Waals surface area contributed by atoms with Crippen LogP contribution in [0.4, 0.5) is 0 Å². The number of fused-ring (bicyclic) bond motifs is 1. The van der Waals surface area contributed by atoms with Gasteiger partial charge in [-0.3, -0.25) is 4.79 Å². The number of H-pyrrole nitrogens is 1. The molecule has 1 amide bonds. The van der Waals surface area contributed by atoms with Gasteiger partial charge in [0.25, 0.3) is 5.91 Å². The average Bonchev–Trinajstić information content (AvgIpc) is 3.28. The number of nitrogens with zero attached hydrogens (tertiary/aromatic N) is 3. The number of hydrogen-bond donors (Lipinski definition) is 1. The number of aryl methyl sites for hydroxylation is 3. The van der Waals surface area contributed by atoms with Gasteiger partial charge in [-0.1, -0.05) is 36.2 Å². The van der Waals surface area contributed by atoms with Crippen LogP contribution in [-0.2, 0) is 4.79 Å². The van der Waals surface area contributed by atoms with Crippen LogP contribution in [0.1, 0.15) is 41.5 Å². The Morgan fingerprint density at radius 2 is 1.88 bits per heavy atom. The minimum Gasteiger partial charge on any atom is -0.483 e. The van der Waals surface area contributed by atoms with E-state index in [0.29, 0.717) is 6.54 Å². The third-order valence-corrected chi connectivity index (χ3v) is 6.27. The first-order valence-corrected chi connectivity index (χ1v) is 11.8. The van der Waals surface area contributed by atoms with Crippen molar-refractivity contribution in [1.29, 1.82) is 0 Å². The highest BCUT2D eigenvalue weighted by atomic mass is 16.5. The van der Waals surface area contributed by atoms with E-state index in [9.17, 15) is 4.79 Å². The van der Waals surface area contributed by atoms with Crippen molar-refractivity contribution in [3.8, 4) is 5.75 Å². The van der Waals surface area contributed by atoms with E-state index in [1.807, 2.05) is 44.3 Å². The molecule has 0 spiro atoms. The number of carbonyl (C=O) groups excluding carboxylic acids is 1. The Bertz CT molecular complexity index is 1110. The number of aromatic nitrogens is 1. The molecule has 0 bridgehead atoms. The van der Waals surface area contributed by atoms with Crippen LogP contribution in [0, 0.1) is 20.8 Å². The number of aromatic amines is 1. The Balaban J connectivity index is 1.48. The van der Waals surface area contributed by atoms with Crippen molar-refractivity contribution >= 4 is 23.0 Å². The summed E-state index contributed by atoms with van der Waals surface area (Å²) < 4.78 is 5.98. The summed E-state index contributed by atoms with van der Waals surface area (Å²) in [6, 6.07) is 12.2. The van der Waals surface area contributed by atoms with Gasteiger partial charge < -0.3 is 14.6 Å². The number of nitrogens with one attached hydrogen (secondary N) is 1. The van der Waals surface area contributed by atoms with Crippen molar-refractivity contribution < 1.29 is 9.53 Å². The summed E-state index contributed by atoms with van der Waals surface area (Å²) in [7, 11) is 0. The fourth-order valence-electron chi connectivity index (χ4n) is 4.62. The molecule has 2 aromatic carbocycles. The fraction of sp³-hybridized carbons (Fsp3) is 0.407. The number of likely N-dealkylation sites (tertiary alicyclic amines) is 1. The number of rotatable bonds is 8. The van der Waals surface area contributed by atoms with E-state index in [4.69, 9.17) is 4.74 Å². The van der Waals surface area contributed by atoms with Crippen molar-refractivity contribution in [3.63, 3.8) is 0 Å². The molecule has 0 saturated carbocycles. The molecule has 1 fully saturated rings. The smallest absolute Gasteiger partial charge is 0.280 e. The summed E-state index contributed by atoms with van der Waals surface area (Å²) in [6.45, 7) is 9.62. The van der Waals surface area contributed by atoms with E-state index < -0.39 is 0 Å². The fourth-order valence-corrected chi connectivity index (χ4v) is 4.62. The van der Waals surface area contributed by atoms with Crippen molar-refractivity contribution in [3.05, 3.63) is 64.8 Å². The average molecular weight is 447 g/mol. The van der Waals surface area contributed by atoms with Gasteiger partial charge in [-0.25, -0.2) is 5.01 Å². The van der Waals surface area contributed by atoms with Gasteiger partial charge >= 0.3 is 0 Å². The lowest BCUT2D eigenvalue weighted by Gasteiger charge is -2.28. The van der Waals surface area contributed by atoms with Crippen LogP contribution in [0.15, 0.2) is 47.7 Å². The first-order chi connectivity index (χ1) is 16.0. The van der Waals surface area contributed by atoms with Crippen LogP contribution < -0.4 is 4.74 Å². The van der Waals surface area contributed by atoms with Crippen LogP contribution >= 0.6 is 0 Å². The highest BCUT2D eigenvalue weighted by molar-refractivity contribution is 5.98. The van der Waals surface area contributed by atoms with Gasteiger partial charge in [-0.05, 0) is 70.0 Å². The lowest BCUT2D eigenvalue weighted by atomic mass is 10.1. The molecule has 174 valence electrons. The van der Waals surface area contributed by atoms with E-state index in [-0.39, 0.29) is 12.5 Å². The molecule has 0 unspecified atom stereocenters. The first kappa shape index (κ1) is 23.1. The SMILES string of the molecule is Cc1cc(C)c(OCC(=O)N(CCN2CCCCC2)N=Cc2cccc3[nH]ccc23)c(C)c1. The second-order valence-electron chi connectivity index (χ2n) is 8.97. The second-order valence-corrected chi connectivity index (χ2v) is 8.97. The van der Waals surface area contributed by atoms with Gasteiger partial charge in [0.05, 0.1) is 12.8 Å². The van der Waals surface area contributed by atoms with Crippen molar-refractivity contribution in [2.75, 3.05) is 32.8 Å². The minimum atomic E-state index is -0.135. The van der Waals surface area contributed by atoms with E-state index in [2.05, 4.69) is 34.0 Å². The maximum Gasteiger partial charge on any atom is 0.280 e. The molecule has 33 heavy (non-hydrogen) atoms. The van der Waals surface area contributed by atoms with Gasteiger partial charge in [0, 0.05) is 29.2 Å². The number of benzene rings is 2. The zero-order valence-electron chi connectivity index (χ0n) is 19.9. The van der Waals surface area contributed by atoms with E-state index >= 15 is 0 Å². The van der Waals surface area contributed by atoms with Crippen LogP contribution in [0.25, 0.3) is 10.9 Å². The number of hydrazone groups is 1. The summed E-state index contributed by atoms with van der Waals surface area (Å²) in [5, 5.41) is 7.28. The van der Waals surface area contributed by atoms with Crippen LogP contribution in [0.3, 0.4) is 0 Å². The number of amides is 1. The molecular formula is C27H34N4O2. The quantitative estimate of drug-likeness (QED) is 0.399. The molecule has 6 nitrogen and oxygen atoms in total. The van der Waals surface area contributed by atoms with Crippen molar-refractivity contribution in [2.24, 2.45) is 5.10 Å². The molecular weight excluding hydrogens is 412 g/mol. The van der Waals surface area contributed by atoms with Crippen molar-refractivity contribution in [2.45, 2.75) is 40.0 Å². The topological polar surface area (TPSA) is 60.9 Å². The molecule has 0 aliphatic carbocycles. The maximum atomic E-state index is 13.2. The van der Waals surface area contributed by atoms with Crippen LogP contribution in [-0.4, -0.2) is 59.8 Å². The van der Waals surface area contributed by atoms with Crippen LogP contribution in [0.5, 0.6) is 5.75 Å². The predicted octanol–water partition coefficient (Wildman–Crippen LogP) is 4.82. The molecule has 1 aliphatic rings. The van der Waals surface area contributed by atoms with Gasteiger partial charge in [-0.2, -0.15) is 5.10 Å². The van der Waals surface area contributed by atoms with Gasteiger partial charge in [-0.15, -0.1) is 0 Å². The Kier molecular flexibility index (Phi) is 7.45. The molecule has 3 aromatic rings. The molecule has 1 N–H and O–H groups in total. The molecule has 1 saturated heterocycles. The number of hydrogen-bond acceptors (Lipinski definition) is 4. The van der Waals surface area contributed by atoms with Gasteiger partial charge in [0.1, 0.15) is 5.75 Å². The molecule has 0 radical (unpaired) electrons. The van der Waals surface area contributed by atoms with E-state index in [1.165, 1.54) is 24.8 Å². The highest BCUT2D eigenvalue weighted by Gasteiger charge is 2.18. The van der Waals surface area contributed by atoms with Gasteiger partial charge in [0.15, 0.2) is 6.61 Å². The van der Waals surface area contributed by atoms with Gasteiger partial charge in [0.2, 0.25) is 0 Å². The lowest BCUT2D eigenvalue weighted by Crippen LogP contribution is -2.40. The predicted molar refractivity (Wildman–Crippen MR) is 134 cm³/mol. The standard InChI is InChI=1S/C27H34N4O2/c1-20-16-21(2)27(22(3)17-20)33-19-26(32)31(15-14-30-12-5-4-6-13-30)29-18-23-8-7-9-25-24(23)10-11-28-25/h7-11,16-18,28H,4-6,12-15,19H2,1-3H3. The van der Waals surface area contributed by atoms with E-state index in [0.717, 1.165) is 53.0 Å². The Morgan fingerprint density at radius 3 is 2.64 bits per heavy atom. The molecule has 1 aliphatic heterocycles. The summed E-state index contributed by atoms with van der Waals surface area (Å²) in [5.41, 5.74) is 5.32. The minimum absolute atomic E-state index is 0.0313. The van der Waals surface area contributed by atoms with Crippen LogP contribution in [0.2, 0.25) is 0 Å². The molecule has 2 heterocycles. The third-order valence-electron chi connectivity index (χ3n) is 6.27. The zero-order chi connectivity index (χ0) is 23.2. The van der Waals surface area contributed by atoms with E-state index in [1.54, 1.807) is 11.2 Å². The Morgan fingerprint density at radius 1 is 1.12 bits per heavy atom. The maximum absolute atomic E-state index is 13.2. The highest BCUT2D eigenvalue weighted by Crippen LogP contribution is 2.24. The largest absolute Gasteiger partial charge is 0.483 e. The molecule has 0 atom stereocenters. The summed E-state index contributed by atoms with van der Waals surface area (Å²) >= 11 is 0. The Labute approximate surface area is 196 Å². The lowest BCUT2D eigenvalue weighted by molar-refractivity contribution is -0.133. The van der Waals surface area contributed by atoms with Crippen molar-refractivity contribution in [1.82, 2.24) is 14.9 Å². The molecule has 4 rings (SSSR count). The third kappa shape index (κ3) is 5.82. The monoisotopic (exact) mass is 446 g/mol. The molecule has 1 aromatic heterocycles. The number of carbonyl (C=O) groups is 1. The summed E-state index contributed by atoms with van der Waals surface area (Å²) in [5.74, 6) is 0.648. The summed E-state index contributed by atoms with van der Waals surface area (Å²) in [4.78, 5) is 18.8. The number of ether oxygens (including phenoxy) is 1. The molecule has 6 heteroatoms. The Hall–Kier alpha value is -3.12. The zero-order valence-corrected chi connectivity index (χ0v) is 19.9.